The van der Waals surface area contributed by atoms with Crippen molar-refractivity contribution in [3.63, 3.8) is 0 Å². The summed E-state index contributed by atoms with van der Waals surface area (Å²) in [6, 6.07) is 13.9. The molecule has 0 aliphatic rings. The van der Waals surface area contributed by atoms with E-state index in [4.69, 9.17) is 5.10 Å². The second-order valence-electron chi connectivity index (χ2n) is 6.54. The predicted molar refractivity (Wildman–Crippen MR) is 118 cm³/mol. The molecule has 0 aliphatic heterocycles. The normalized spacial score (nSPS) is 11.1. The lowest BCUT2D eigenvalue weighted by molar-refractivity contribution is -0.111. The van der Waals surface area contributed by atoms with Gasteiger partial charge in [-0.1, -0.05) is 48.6 Å². The summed E-state index contributed by atoms with van der Waals surface area (Å²) in [5.74, 6) is -0.262. The Hall–Kier alpha value is -3.65. The third kappa shape index (κ3) is 4.84. The molecular formula is C22H20N6OS. The van der Waals surface area contributed by atoms with Crippen LogP contribution in [-0.4, -0.2) is 30.9 Å². The Morgan fingerprint density at radius 2 is 2.03 bits per heavy atom. The summed E-state index contributed by atoms with van der Waals surface area (Å²) in [7, 11) is 0. The minimum Gasteiger partial charge on any atom is -0.297 e. The van der Waals surface area contributed by atoms with Gasteiger partial charge < -0.3 is 0 Å². The van der Waals surface area contributed by atoms with Crippen LogP contribution in [-0.2, 0) is 17.8 Å². The summed E-state index contributed by atoms with van der Waals surface area (Å²) >= 11 is 1.38. The number of rotatable bonds is 7. The van der Waals surface area contributed by atoms with Crippen LogP contribution >= 0.6 is 11.3 Å². The number of aryl methyl sites for hydroxylation is 1. The Morgan fingerprint density at radius 1 is 1.17 bits per heavy atom. The Balaban J connectivity index is 1.57. The molecule has 0 aliphatic carbocycles. The maximum atomic E-state index is 12.3. The summed E-state index contributed by atoms with van der Waals surface area (Å²) in [6.45, 7) is 2.64. The van der Waals surface area contributed by atoms with Crippen LogP contribution < -0.4 is 5.32 Å². The van der Waals surface area contributed by atoms with Gasteiger partial charge in [-0.15, -0.1) is 10.2 Å². The van der Waals surface area contributed by atoms with E-state index in [1.54, 1.807) is 18.5 Å². The van der Waals surface area contributed by atoms with Crippen molar-refractivity contribution in [3.05, 3.63) is 83.3 Å². The number of nitrogens with zero attached hydrogens (tertiary/aromatic N) is 5. The second kappa shape index (κ2) is 9.23. The van der Waals surface area contributed by atoms with Gasteiger partial charge in [0.2, 0.25) is 11.0 Å². The number of carbonyl (C=O) groups excluding carboxylic acids is 1. The third-order valence-corrected chi connectivity index (χ3v) is 5.31. The molecule has 4 aromatic rings. The van der Waals surface area contributed by atoms with Gasteiger partial charge in [0.15, 0.2) is 0 Å². The molecular weight excluding hydrogens is 396 g/mol. The molecule has 0 saturated heterocycles. The number of aromatic nitrogens is 5. The highest BCUT2D eigenvalue weighted by Crippen LogP contribution is 2.23. The van der Waals surface area contributed by atoms with E-state index in [2.05, 4.69) is 32.6 Å². The van der Waals surface area contributed by atoms with Crippen molar-refractivity contribution in [1.82, 2.24) is 25.0 Å². The van der Waals surface area contributed by atoms with Crippen LogP contribution in [0, 0.1) is 0 Å². The van der Waals surface area contributed by atoms with Crippen LogP contribution in [0.2, 0.25) is 0 Å². The van der Waals surface area contributed by atoms with Crippen LogP contribution in [0.3, 0.4) is 0 Å². The molecule has 0 radical (unpaired) electrons. The van der Waals surface area contributed by atoms with Crippen molar-refractivity contribution >= 4 is 28.5 Å². The van der Waals surface area contributed by atoms with Crippen LogP contribution in [0.5, 0.6) is 0 Å². The van der Waals surface area contributed by atoms with Crippen molar-refractivity contribution in [2.45, 2.75) is 19.9 Å². The first kappa shape index (κ1) is 19.7. The molecule has 0 unspecified atom stereocenters. The molecule has 0 bridgehead atoms. The molecule has 150 valence electrons. The van der Waals surface area contributed by atoms with E-state index in [-0.39, 0.29) is 5.91 Å². The molecule has 8 heteroatoms. The first-order valence-electron chi connectivity index (χ1n) is 9.54. The third-order valence-electron chi connectivity index (χ3n) is 4.33. The quantitative estimate of drug-likeness (QED) is 0.459. The number of amides is 1. The van der Waals surface area contributed by atoms with Crippen molar-refractivity contribution in [1.29, 1.82) is 0 Å². The number of carbonyl (C=O) groups is 1. The van der Waals surface area contributed by atoms with Crippen LogP contribution in [0.4, 0.5) is 5.13 Å². The van der Waals surface area contributed by atoms with Gasteiger partial charge in [0.25, 0.3) is 0 Å². The SMILES string of the molecule is CCc1nnc(NC(=O)C=Cc2cn(Cc3ccccc3)nc2-c2cccnc2)s1. The fraction of sp³-hybridized carbons (Fsp3) is 0.136. The minimum absolute atomic E-state index is 0.262. The molecule has 1 amide bonds. The minimum atomic E-state index is -0.262. The largest absolute Gasteiger partial charge is 0.297 e. The van der Waals surface area contributed by atoms with Gasteiger partial charge in [-0.05, 0) is 30.2 Å². The lowest BCUT2D eigenvalue weighted by Crippen LogP contribution is -2.07. The molecule has 1 N–H and O–H groups in total. The highest BCUT2D eigenvalue weighted by atomic mass is 32.1. The monoisotopic (exact) mass is 416 g/mol. The van der Waals surface area contributed by atoms with Gasteiger partial charge in [0.1, 0.15) is 10.7 Å². The molecule has 0 atom stereocenters. The molecule has 0 saturated carbocycles. The zero-order valence-corrected chi connectivity index (χ0v) is 17.2. The first-order valence-corrected chi connectivity index (χ1v) is 10.4. The number of hydrogen-bond donors (Lipinski definition) is 1. The Kier molecular flexibility index (Phi) is 6.05. The van der Waals surface area contributed by atoms with Gasteiger partial charge in [-0.2, -0.15) is 5.10 Å². The second-order valence-corrected chi connectivity index (χ2v) is 7.60. The molecule has 0 spiro atoms. The van der Waals surface area contributed by atoms with E-state index in [1.165, 1.54) is 17.4 Å². The first-order chi connectivity index (χ1) is 14.7. The van der Waals surface area contributed by atoms with Gasteiger partial charge in [-0.3, -0.25) is 19.8 Å². The van der Waals surface area contributed by atoms with E-state index < -0.39 is 0 Å². The number of nitrogens with one attached hydrogen (secondary N) is 1. The highest BCUT2D eigenvalue weighted by Gasteiger charge is 2.11. The number of anilines is 1. The fourth-order valence-electron chi connectivity index (χ4n) is 2.90. The maximum Gasteiger partial charge on any atom is 0.250 e. The Bertz CT molecular complexity index is 1150. The molecule has 0 fully saturated rings. The Labute approximate surface area is 178 Å². The predicted octanol–water partition coefficient (Wildman–Crippen LogP) is 4.06. The van der Waals surface area contributed by atoms with Gasteiger partial charge in [0.05, 0.1) is 6.54 Å². The standard InChI is InChI=1S/C22H20N6OS/c1-2-20-25-26-22(30-20)24-19(29)11-10-18-15-28(14-16-7-4-3-5-8-16)27-21(18)17-9-6-12-23-13-17/h3-13,15H,2,14H2,1H3,(H,24,26,29). The van der Waals surface area contributed by atoms with E-state index in [1.807, 2.05) is 48.1 Å². The highest BCUT2D eigenvalue weighted by molar-refractivity contribution is 7.15. The molecule has 7 nitrogen and oxygen atoms in total. The summed E-state index contributed by atoms with van der Waals surface area (Å²) in [6.07, 6.45) is 9.45. The molecule has 1 aromatic carbocycles. The molecule has 3 aromatic heterocycles. The van der Waals surface area contributed by atoms with Crippen LogP contribution in [0.25, 0.3) is 17.3 Å². The Morgan fingerprint density at radius 3 is 2.77 bits per heavy atom. The van der Waals surface area contributed by atoms with Crippen LogP contribution in [0.1, 0.15) is 23.1 Å². The zero-order valence-electron chi connectivity index (χ0n) is 16.4. The number of pyridine rings is 1. The van der Waals surface area contributed by atoms with E-state index in [0.29, 0.717) is 11.7 Å². The van der Waals surface area contributed by atoms with Crippen molar-refractivity contribution < 1.29 is 4.79 Å². The number of hydrogen-bond acceptors (Lipinski definition) is 6. The van der Waals surface area contributed by atoms with Crippen molar-refractivity contribution in [2.24, 2.45) is 0 Å². The van der Waals surface area contributed by atoms with Gasteiger partial charge in [-0.25, -0.2) is 0 Å². The summed E-state index contributed by atoms with van der Waals surface area (Å²) in [5.41, 5.74) is 3.64. The number of benzene rings is 1. The van der Waals surface area contributed by atoms with Gasteiger partial charge in [0, 0.05) is 35.8 Å². The average Bonchev–Trinajstić information content (AvgIpc) is 3.40. The smallest absolute Gasteiger partial charge is 0.250 e. The van der Waals surface area contributed by atoms with Crippen molar-refractivity contribution in [2.75, 3.05) is 5.32 Å². The molecule has 3 heterocycles. The van der Waals surface area contributed by atoms with E-state index >= 15 is 0 Å². The molecule has 4 rings (SSSR count). The van der Waals surface area contributed by atoms with Crippen LogP contribution in [0.15, 0.2) is 67.1 Å². The van der Waals surface area contributed by atoms with E-state index in [9.17, 15) is 4.79 Å². The fourth-order valence-corrected chi connectivity index (χ4v) is 3.58. The average molecular weight is 417 g/mol. The maximum absolute atomic E-state index is 12.3. The molecule has 30 heavy (non-hydrogen) atoms. The lowest BCUT2D eigenvalue weighted by atomic mass is 10.1. The van der Waals surface area contributed by atoms with Crippen molar-refractivity contribution in [3.8, 4) is 11.3 Å². The lowest BCUT2D eigenvalue weighted by Gasteiger charge is -2.01. The van der Waals surface area contributed by atoms with E-state index in [0.717, 1.165) is 33.8 Å². The topological polar surface area (TPSA) is 85.6 Å². The summed E-state index contributed by atoms with van der Waals surface area (Å²) in [4.78, 5) is 16.5. The van der Waals surface area contributed by atoms with Gasteiger partial charge >= 0.3 is 0 Å². The zero-order chi connectivity index (χ0) is 20.8. The summed E-state index contributed by atoms with van der Waals surface area (Å²) in [5, 5.41) is 16.8. The summed E-state index contributed by atoms with van der Waals surface area (Å²) < 4.78 is 1.87.